The Labute approximate surface area is 137 Å². The minimum atomic E-state index is 0.853. The number of allylic oxidation sites excluding steroid dienone is 2. The molecule has 4 heteroatoms. The molecule has 1 atom stereocenters. The van der Waals surface area contributed by atoms with Crippen LogP contribution in [0.3, 0.4) is 0 Å². The molecule has 1 aliphatic carbocycles. The van der Waals surface area contributed by atoms with Crippen molar-refractivity contribution < 1.29 is 0 Å². The molecule has 2 heterocycles. The maximum absolute atomic E-state index is 4.56. The SMILES string of the molecule is C1=CC[C@@H](CN2CCN(c3ncnc4ccccc34)CC2)CC1. The van der Waals surface area contributed by atoms with Crippen molar-refractivity contribution in [2.45, 2.75) is 19.3 Å². The van der Waals surface area contributed by atoms with E-state index in [9.17, 15) is 0 Å². The summed E-state index contributed by atoms with van der Waals surface area (Å²) < 4.78 is 0. The van der Waals surface area contributed by atoms with Gasteiger partial charge in [-0.3, -0.25) is 4.90 Å². The highest BCUT2D eigenvalue weighted by atomic mass is 15.3. The number of rotatable bonds is 3. The quantitative estimate of drug-likeness (QED) is 0.816. The van der Waals surface area contributed by atoms with Crippen LogP contribution in [0.15, 0.2) is 42.7 Å². The number of hydrogen-bond acceptors (Lipinski definition) is 4. The van der Waals surface area contributed by atoms with Gasteiger partial charge in [0.05, 0.1) is 5.52 Å². The fraction of sp³-hybridized carbons (Fsp3) is 0.474. The number of anilines is 1. The first kappa shape index (κ1) is 14.6. The van der Waals surface area contributed by atoms with Crippen LogP contribution in [0.25, 0.3) is 10.9 Å². The molecule has 23 heavy (non-hydrogen) atoms. The lowest BCUT2D eigenvalue weighted by Crippen LogP contribution is -2.48. The van der Waals surface area contributed by atoms with Gasteiger partial charge in [-0.15, -0.1) is 0 Å². The van der Waals surface area contributed by atoms with Gasteiger partial charge in [0.1, 0.15) is 12.1 Å². The third-order valence-electron chi connectivity index (χ3n) is 5.09. The Morgan fingerprint density at radius 1 is 1.00 bits per heavy atom. The standard InChI is InChI=1S/C19H24N4/c1-2-6-16(7-3-1)14-22-10-12-23(13-11-22)19-17-8-4-5-9-18(17)20-15-21-19/h1-2,4-5,8-9,15-16H,3,6-7,10-14H2/t16-/m1/s1. The molecule has 1 aromatic heterocycles. The first-order chi connectivity index (χ1) is 11.4. The summed E-state index contributed by atoms with van der Waals surface area (Å²) in [6, 6.07) is 8.30. The van der Waals surface area contributed by atoms with Crippen molar-refractivity contribution in [3.63, 3.8) is 0 Å². The van der Waals surface area contributed by atoms with Gasteiger partial charge in [-0.05, 0) is 37.3 Å². The maximum atomic E-state index is 4.56. The maximum Gasteiger partial charge on any atom is 0.139 e. The Hall–Kier alpha value is -1.94. The van der Waals surface area contributed by atoms with Gasteiger partial charge in [0.15, 0.2) is 0 Å². The Balaban J connectivity index is 1.41. The molecule has 0 saturated carbocycles. The molecule has 4 rings (SSSR count). The van der Waals surface area contributed by atoms with Crippen LogP contribution in [0.1, 0.15) is 19.3 Å². The van der Waals surface area contributed by atoms with Crippen LogP contribution >= 0.6 is 0 Å². The van der Waals surface area contributed by atoms with Crippen LogP contribution < -0.4 is 4.90 Å². The summed E-state index contributed by atoms with van der Waals surface area (Å²) in [5.74, 6) is 1.95. The van der Waals surface area contributed by atoms with E-state index in [4.69, 9.17) is 0 Å². The molecule has 2 aromatic rings. The summed E-state index contributed by atoms with van der Waals surface area (Å²) in [7, 11) is 0. The summed E-state index contributed by atoms with van der Waals surface area (Å²) in [6.45, 7) is 5.65. The van der Waals surface area contributed by atoms with Crippen molar-refractivity contribution >= 4 is 16.7 Å². The number of benzene rings is 1. The molecule has 1 saturated heterocycles. The summed E-state index contributed by atoms with van der Waals surface area (Å²) in [4.78, 5) is 14.0. The summed E-state index contributed by atoms with van der Waals surface area (Å²) in [5.41, 5.74) is 1.04. The minimum absolute atomic E-state index is 0.853. The average molecular weight is 308 g/mol. The summed E-state index contributed by atoms with van der Waals surface area (Å²) in [5, 5.41) is 1.17. The van der Waals surface area contributed by atoms with E-state index in [1.165, 1.54) is 31.2 Å². The van der Waals surface area contributed by atoms with E-state index in [1.807, 2.05) is 6.07 Å². The van der Waals surface area contributed by atoms with Crippen LogP contribution in [0.4, 0.5) is 5.82 Å². The molecule has 120 valence electrons. The van der Waals surface area contributed by atoms with E-state index in [-0.39, 0.29) is 0 Å². The van der Waals surface area contributed by atoms with Crippen molar-refractivity contribution in [2.75, 3.05) is 37.6 Å². The molecule has 1 aromatic carbocycles. The van der Waals surface area contributed by atoms with E-state index in [0.29, 0.717) is 0 Å². The van der Waals surface area contributed by atoms with E-state index in [0.717, 1.165) is 43.4 Å². The number of piperazine rings is 1. The monoisotopic (exact) mass is 308 g/mol. The van der Waals surface area contributed by atoms with Gasteiger partial charge in [-0.1, -0.05) is 24.3 Å². The number of nitrogens with zero attached hydrogens (tertiary/aromatic N) is 4. The highest BCUT2D eigenvalue weighted by Gasteiger charge is 2.22. The Kier molecular flexibility index (Phi) is 4.24. The predicted molar refractivity (Wildman–Crippen MR) is 94.7 cm³/mol. The second-order valence-corrected chi connectivity index (χ2v) is 6.65. The zero-order chi connectivity index (χ0) is 15.5. The fourth-order valence-electron chi connectivity index (χ4n) is 3.77. The van der Waals surface area contributed by atoms with Gasteiger partial charge in [-0.2, -0.15) is 0 Å². The van der Waals surface area contributed by atoms with Crippen LogP contribution in [-0.2, 0) is 0 Å². The van der Waals surface area contributed by atoms with Crippen LogP contribution in [0.2, 0.25) is 0 Å². The molecule has 0 spiro atoms. The molecule has 0 N–H and O–H groups in total. The number of hydrogen-bond donors (Lipinski definition) is 0. The van der Waals surface area contributed by atoms with Gasteiger partial charge in [0, 0.05) is 38.1 Å². The summed E-state index contributed by atoms with van der Waals surface area (Å²) >= 11 is 0. The zero-order valence-electron chi connectivity index (χ0n) is 13.6. The van der Waals surface area contributed by atoms with Crippen LogP contribution in [-0.4, -0.2) is 47.6 Å². The molecular weight excluding hydrogens is 284 g/mol. The van der Waals surface area contributed by atoms with E-state index < -0.39 is 0 Å². The lowest BCUT2D eigenvalue weighted by Gasteiger charge is -2.37. The van der Waals surface area contributed by atoms with E-state index in [2.05, 4.69) is 50.1 Å². The molecule has 0 unspecified atom stereocenters. The first-order valence-electron chi connectivity index (χ1n) is 8.72. The van der Waals surface area contributed by atoms with Gasteiger partial charge >= 0.3 is 0 Å². The molecular formula is C19H24N4. The second kappa shape index (κ2) is 6.67. The van der Waals surface area contributed by atoms with Gasteiger partial charge in [0.2, 0.25) is 0 Å². The lowest BCUT2D eigenvalue weighted by atomic mass is 9.94. The zero-order valence-corrected chi connectivity index (χ0v) is 13.6. The van der Waals surface area contributed by atoms with Gasteiger partial charge < -0.3 is 4.90 Å². The molecule has 1 aliphatic heterocycles. The second-order valence-electron chi connectivity index (χ2n) is 6.65. The van der Waals surface area contributed by atoms with Gasteiger partial charge in [0.25, 0.3) is 0 Å². The average Bonchev–Trinajstić information content (AvgIpc) is 2.63. The molecule has 2 aliphatic rings. The van der Waals surface area contributed by atoms with Crippen molar-refractivity contribution in [2.24, 2.45) is 5.92 Å². The third-order valence-corrected chi connectivity index (χ3v) is 5.09. The van der Waals surface area contributed by atoms with Crippen molar-refractivity contribution in [1.82, 2.24) is 14.9 Å². The summed E-state index contributed by atoms with van der Waals surface area (Å²) in [6.07, 6.45) is 10.3. The largest absolute Gasteiger partial charge is 0.353 e. The predicted octanol–water partition coefficient (Wildman–Crippen LogP) is 3.11. The smallest absolute Gasteiger partial charge is 0.139 e. The Bertz CT molecular complexity index is 683. The number of para-hydroxylation sites is 1. The van der Waals surface area contributed by atoms with E-state index in [1.54, 1.807) is 6.33 Å². The highest BCUT2D eigenvalue weighted by molar-refractivity contribution is 5.89. The fourth-order valence-corrected chi connectivity index (χ4v) is 3.77. The Morgan fingerprint density at radius 2 is 1.87 bits per heavy atom. The molecule has 0 bridgehead atoms. The minimum Gasteiger partial charge on any atom is -0.353 e. The van der Waals surface area contributed by atoms with Crippen molar-refractivity contribution in [1.29, 1.82) is 0 Å². The topological polar surface area (TPSA) is 32.3 Å². The molecule has 1 fully saturated rings. The van der Waals surface area contributed by atoms with Crippen LogP contribution in [0, 0.1) is 5.92 Å². The van der Waals surface area contributed by atoms with Gasteiger partial charge in [-0.25, -0.2) is 9.97 Å². The number of aromatic nitrogens is 2. The lowest BCUT2D eigenvalue weighted by molar-refractivity contribution is 0.211. The third kappa shape index (κ3) is 3.22. The van der Waals surface area contributed by atoms with Crippen molar-refractivity contribution in [3.8, 4) is 0 Å². The van der Waals surface area contributed by atoms with Crippen molar-refractivity contribution in [3.05, 3.63) is 42.7 Å². The molecule has 4 nitrogen and oxygen atoms in total. The molecule has 0 radical (unpaired) electrons. The highest BCUT2D eigenvalue weighted by Crippen LogP contribution is 2.24. The van der Waals surface area contributed by atoms with Crippen LogP contribution in [0.5, 0.6) is 0 Å². The van der Waals surface area contributed by atoms with E-state index >= 15 is 0 Å². The Morgan fingerprint density at radius 3 is 2.70 bits per heavy atom. The normalized spacial score (nSPS) is 22.6. The molecule has 0 amide bonds. The first-order valence-corrected chi connectivity index (χ1v) is 8.72. The number of fused-ring (bicyclic) bond motifs is 1.